The SMILES string of the molecule is CN1CCc2ncnc(N3CCc4c(sc(N)c4C#N)C3)c2C1. The minimum atomic E-state index is 0.642. The fourth-order valence-electron chi connectivity index (χ4n) is 3.46. The van der Waals surface area contributed by atoms with Gasteiger partial charge < -0.3 is 15.5 Å². The van der Waals surface area contributed by atoms with E-state index in [2.05, 4.69) is 32.9 Å². The third kappa shape index (κ3) is 2.35. The number of likely N-dealkylation sites (N-methyl/N-ethyl adjacent to an activating group) is 1. The molecule has 2 aliphatic rings. The molecule has 4 rings (SSSR count). The summed E-state index contributed by atoms with van der Waals surface area (Å²) in [5.74, 6) is 1.04. The van der Waals surface area contributed by atoms with Crippen molar-refractivity contribution in [3.63, 3.8) is 0 Å². The monoisotopic (exact) mass is 326 g/mol. The highest BCUT2D eigenvalue weighted by atomic mass is 32.1. The van der Waals surface area contributed by atoms with Gasteiger partial charge in [-0.05, 0) is 19.0 Å². The molecule has 2 aromatic heterocycles. The second-order valence-electron chi connectivity index (χ2n) is 6.14. The van der Waals surface area contributed by atoms with Gasteiger partial charge in [0.05, 0.1) is 17.8 Å². The van der Waals surface area contributed by atoms with Crippen molar-refractivity contribution in [1.82, 2.24) is 14.9 Å². The lowest BCUT2D eigenvalue weighted by Gasteiger charge is -2.32. The zero-order chi connectivity index (χ0) is 16.0. The van der Waals surface area contributed by atoms with Gasteiger partial charge in [0.1, 0.15) is 23.2 Å². The summed E-state index contributed by atoms with van der Waals surface area (Å²) in [6.07, 6.45) is 3.50. The van der Waals surface area contributed by atoms with Crippen molar-refractivity contribution in [2.24, 2.45) is 0 Å². The van der Waals surface area contributed by atoms with Gasteiger partial charge in [0.25, 0.3) is 0 Å². The van der Waals surface area contributed by atoms with E-state index in [1.807, 2.05) is 0 Å². The second kappa shape index (κ2) is 5.48. The van der Waals surface area contributed by atoms with Gasteiger partial charge in [-0.1, -0.05) is 0 Å². The fraction of sp³-hybridized carbons (Fsp3) is 0.438. The lowest BCUT2D eigenvalue weighted by molar-refractivity contribution is 0.309. The summed E-state index contributed by atoms with van der Waals surface area (Å²) < 4.78 is 0. The number of thiophene rings is 1. The van der Waals surface area contributed by atoms with Crippen molar-refractivity contribution in [2.75, 3.05) is 30.8 Å². The van der Waals surface area contributed by atoms with Crippen LogP contribution in [0.15, 0.2) is 6.33 Å². The fourth-order valence-corrected chi connectivity index (χ4v) is 4.55. The highest BCUT2D eigenvalue weighted by Gasteiger charge is 2.27. The standard InChI is InChI=1S/C16H18N6S/c1-21-4-3-13-12(7-21)16(20-9-19-13)22-5-2-10-11(6-17)15(18)23-14(10)8-22/h9H,2-5,7-8,18H2,1H3. The minimum absolute atomic E-state index is 0.642. The molecule has 0 radical (unpaired) electrons. The number of rotatable bonds is 1. The van der Waals surface area contributed by atoms with E-state index < -0.39 is 0 Å². The molecule has 0 aliphatic carbocycles. The van der Waals surface area contributed by atoms with E-state index in [1.165, 1.54) is 27.5 Å². The molecule has 2 aromatic rings. The van der Waals surface area contributed by atoms with Crippen LogP contribution in [0.2, 0.25) is 0 Å². The van der Waals surface area contributed by atoms with E-state index in [0.717, 1.165) is 50.4 Å². The maximum atomic E-state index is 9.27. The summed E-state index contributed by atoms with van der Waals surface area (Å²) in [6.45, 7) is 3.58. The number of nitriles is 1. The van der Waals surface area contributed by atoms with Crippen LogP contribution < -0.4 is 10.6 Å². The average Bonchev–Trinajstić information content (AvgIpc) is 2.88. The van der Waals surface area contributed by atoms with Gasteiger partial charge in [-0.25, -0.2) is 9.97 Å². The maximum Gasteiger partial charge on any atom is 0.137 e. The van der Waals surface area contributed by atoms with Crippen molar-refractivity contribution in [3.8, 4) is 6.07 Å². The van der Waals surface area contributed by atoms with Gasteiger partial charge in [-0.15, -0.1) is 11.3 Å². The topological polar surface area (TPSA) is 82.1 Å². The van der Waals surface area contributed by atoms with E-state index in [0.29, 0.717) is 10.6 Å². The van der Waals surface area contributed by atoms with Crippen molar-refractivity contribution in [2.45, 2.75) is 25.9 Å². The predicted molar refractivity (Wildman–Crippen MR) is 90.3 cm³/mol. The van der Waals surface area contributed by atoms with Gasteiger partial charge in [-0.3, -0.25) is 0 Å². The van der Waals surface area contributed by atoms with Crippen LogP contribution in [-0.2, 0) is 25.9 Å². The van der Waals surface area contributed by atoms with Crippen LogP contribution in [0.4, 0.5) is 10.8 Å². The van der Waals surface area contributed by atoms with Gasteiger partial charge in [0.2, 0.25) is 0 Å². The molecule has 0 unspecified atom stereocenters. The molecular formula is C16H18N6S. The number of hydrogen-bond donors (Lipinski definition) is 1. The zero-order valence-corrected chi connectivity index (χ0v) is 13.9. The first-order chi connectivity index (χ1) is 11.2. The first-order valence-electron chi connectivity index (χ1n) is 7.73. The molecule has 0 fully saturated rings. The molecule has 7 heteroatoms. The Balaban J connectivity index is 1.70. The molecule has 0 saturated carbocycles. The molecule has 0 bridgehead atoms. The van der Waals surface area contributed by atoms with E-state index in [4.69, 9.17) is 5.73 Å². The molecule has 4 heterocycles. The summed E-state index contributed by atoms with van der Waals surface area (Å²) in [6, 6.07) is 2.25. The average molecular weight is 326 g/mol. The maximum absolute atomic E-state index is 9.27. The number of anilines is 2. The molecule has 118 valence electrons. The largest absolute Gasteiger partial charge is 0.389 e. The highest BCUT2D eigenvalue weighted by molar-refractivity contribution is 7.16. The van der Waals surface area contributed by atoms with Crippen molar-refractivity contribution in [3.05, 3.63) is 33.6 Å². The second-order valence-corrected chi connectivity index (χ2v) is 7.27. The van der Waals surface area contributed by atoms with Crippen LogP contribution >= 0.6 is 11.3 Å². The number of nitrogens with two attached hydrogens (primary N) is 1. The summed E-state index contributed by atoms with van der Waals surface area (Å²) >= 11 is 1.54. The summed E-state index contributed by atoms with van der Waals surface area (Å²) in [5, 5.41) is 9.91. The molecule has 0 atom stereocenters. The van der Waals surface area contributed by atoms with Crippen LogP contribution in [0.3, 0.4) is 0 Å². The number of aromatic nitrogens is 2. The summed E-state index contributed by atoms with van der Waals surface area (Å²) in [4.78, 5) is 14.8. The molecule has 0 aromatic carbocycles. The molecule has 0 amide bonds. The van der Waals surface area contributed by atoms with E-state index in [-0.39, 0.29) is 0 Å². The number of fused-ring (bicyclic) bond motifs is 2. The van der Waals surface area contributed by atoms with Gasteiger partial charge >= 0.3 is 0 Å². The minimum Gasteiger partial charge on any atom is -0.389 e. The number of nitrogens with zero attached hydrogens (tertiary/aromatic N) is 5. The van der Waals surface area contributed by atoms with Crippen molar-refractivity contribution < 1.29 is 0 Å². The van der Waals surface area contributed by atoms with Crippen LogP contribution in [0, 0.1) is 11.3 Å². The van der Waals surface area contributed by atoms with Crippen LogP contribution in [0.5, 0.6) is 0 Å². The molecule has 0 saturated heterocycles. The molecule has 2 aliphatic heterocycles. The molecule has 6 nitrogen and oxygen atoms in total. The Bertz CT molecular complexity index is 806. The Hall–Kier alpha value is -2.17. The van der Waals surface area contributed by atoms with Gasteiger partial charge in [0.15, 0.2) is 0 Å². The highest BCUT2D eigenvalue weighted by Crippen LogP contribution is 2.36. The Morgan fingerprint density at radius 1 is 1.22 bits per heavy atom. The van der Waals surface area contributed by atoms with Crippen LogP contribution in [-0.4, -0.2) is 35.0 Å². The predicted octanol–water partition coefficient (Wildman–Crippen LogP) is 1.54. The Kier molecular flexibility index (Phi) is 3.43. The zero-order valence-electron chi connectivity index (χ0n) is 13.0. The first kappa shape index (κ1) is 14.4. The Morgan fingerprint density at radius 3 is 2.91 bits per heavy atom. The smallest absolute Gasteiger partial charge is 0.137 e. The van der Waals surface area contributed by atoms with E-state index in [1.54, 1.807) is 6.33 Å². The molecular weight excluding hydrogens is 308 g/mol. The Labute approximate surface area is 139 Å². The van der Waals surface area contributed by atoms with Gasteiger partial charge in [-0.2, -0.15) is 5.26 Å². The number of hydrogen-bond acceptors (Lipinski definition) is 7. The molecule has 0 spiro atoms. The third-order valence-electron chi connectivity index (χ3n) is 4.67. The molecule has 23 heavy (non-hydrogen) atoms. The lowest BCUT2D eigenvalue weighted by Crippen LogP contribution is -2.34. The number of nitrogen functional groups attached to an aromatic ring is 1. The summed E-state index contributed by atoms with van der Waals surface area (Å²) in [7, 11) is 2.13. The van der Waals surface area contributed by atoms with Gasteiger partial charge in [0, 0.05) is 36.5 Å². The van der Waals surface area contributed by atoms with Crippen molar-refractivity contribution in [1.29, 1.82) is 5.26 Å². The van der Waals surface area contributed by atoms with E-state index >= 15 is 0 Å². The molecule has 2 N–H and O–H groups in total. The first-order valence-corrected chi connectivity index (χ1v) is 8.55. The van der Waals surface area contributed by atoms with E-state index in [9.17, 15) is 5.26 Å². The van der Waals surface area contributed by atoms with Crippen molar-refractivity contribution >= 4 is 22.2 Å². The Morgan fingerprint density at radius 2 is 2.09 bits per heavy atom. The normalized spacial score (nSPS) is 17.5. The quantitative estimate of drug-likeness (QED) is 0.856. The van der Waals surface area contributed by atoms with Crippen LogP contribution in [0.25, 0.3) is 0 Å². The lowest BCUT2D eigenvalue weighted by atomic mass is 10.0. The van der Waals surface area contributed by atoms with Crippen LogP contribution in [0.1, 0.15) is 27.3 Å². The summed E-state index contributed by atoms with van der Waals surface area (Å²) in [5.41, 5.74) is 10.2. The third-order valence-corrected chi connectivity index (χ3v) is 5.71.